The average Bonchev–Trinajstić information content (AvgIpc) is 2.82. The maximum Gasteiger partial charge on any atom is 0.310 e. The van der Waals surface area contributed by atoms with Crippen molar-refractivity contribution in [3.05, 3.63) is 29.3 Å². The van der Waals surface area contributed by atoms with Crippen LogP contribution in [0, 0.1) is 5.92 Å². The van der Waals surface area contributed by atoms with Crippen LogP contribution in [0.2, 0.25) is 0 Å². The zero-order chi connectivity index (χ0) is 14.1. The van der Waals surface area contributed by atoms with Crippen molar-refractivity contribution < 1.29 is 15.0 Å². The molecule has 0 unspecified atom stereocenters. The number of carbonyl (C=O) groups is 1. The number of aliphatic carboxylic acids is 1. The summed E-state index contributed by atoms with van der Waals surface area (Å²) in [6.45, 7) is 1.74. The number of rotatable bonds is 3. The van der Waals surface area contributed by atoms with E-state index in [1.165, 1.54) is 0 Å². The number of hydrogen-bond acceptors (Lipinski definition) is 5. The van der Waals surface area contributed by atoms with E-state index in [0.29, 0.717) is 26.1 Å². The van der Waals surface area contributed by atoms with E-state index in [4.69, 9.17) is 5.11 Å². The van der Waals surface area contributed by atoms with Crippen LogP contribution in [0.5, 0.6) is 0 Å². The van der Waals surface area contributed by atoms with E-state index in [1.54, 1.807) is 11.3 Å². The first-order valence-corrected chi connectivity index (χ1v) is 7.43. The number of aromatic nitrogens is 1. The predicted octanol–water partition coefficient (Wildman–Crippen LogP) is 1.56. The lowest BCUT2D eigenvalue weighted by Gasteiger charge is -2.33. The van der Waals surface area contributed by atoms with Gasteiger partial charge in [-0.25, -0.2) is 4.98 Å². The number of carboxylic acid groups (broad SMARTS) is 1. The van der Waals surface area contributed by atoms with Crippen molar-refractivity contribution in [1.29, 1.82) is 0 Å². The Bertz CT molecular complexity index is 595. The number of thiazole rings is 1. The zero-order valence-electron chi connectivity index (χ0n) is 10.9. The molecule has 0 radical (unpaired) electrons. The lowest BCUT2D eigenvalue weighted by atomic mass is 9.95. The van der Waals surface area contributed by atoms with Gasteiger partial charge < -0.3 is 10.2 Å². The second kappa shape index (κ2) is 5.47. The second-order valence-corrected chi connectivity index (χ2v) is 6.23. The third-order valence-electron chi connectivity index (χ3n) is 3.67. The summed E-state index contributed by atoms with van der Waals surface area (Å²) >= 11 is 1.64. The Labute approximate surface area is 120 Å². The van der Waals surface area contributed by atoms with Crippen molar-refractivity contribution in [2.24, 2.45) is 5.92 Å². The van der Waals surface area contributed by atoms with E-state index < -0.39 is 18.0 Å². The second-order valence-electron chi connectivity index (χ2n) is 5.11. The van der Waals surface area contributed by atoms with Gasteiger partial charge in [-0.2, -0.15) is 0 Å². The van der Waals surface area contributed by atoms with E-state index in [2.05, 4.69) is 9.88 Å². The van der Waals surface area contributed by atoms with Crippen molar-refractivity contribution in [2.75, 3.05) is 13.1 Å². The standard InChI is InChI=1S/C14H16N2O3S/c17-11-5-6-16(7-9(11)14(18)19)8-13-15-10-3-1-2-4-12(10)20-13/h1-4,9,11,17H,5-8H2,(H,18,19)/t9-,11-/m1/s1. The van der Waals surface area contributed by atoms with Crippen molar-refractivity contribution in [1.82, 2.24) is 9.88 Å². The summed E-state index contributed by atoms with van der Waals surface area (Å²) in [6, 6.07) is 7.97. The third kappa shape index (κ3) is 2.67. The molecule has 2 N–H and O–H groups in total. The molecule has 1 fully saturated rings. The number of piperidine rings is 1. The number of benzene rings is 1. The number of likely N-dealkylation sites (tertiary alicyclic amines) is 1. The summed E-state index contributed by atoms with van der Waals surface area (Å²) in [7, 11) is 0. The number of para-hydroxylation sites is 1. The van der Waals surface area contributed by atoms with E-state index in [1.807, 2.05) is 24.3 Å². The fourth-order valence-corrected chi connectivity index (χ4v) is 3.58. The topological polar surface area (TPSA) is 73.7 Å². The molecule has 2 aromatic rings. The van der Waals surface area contributed by atoms with Gasteiger partial charge in [-0.3, -0.25) is 9.69 Å². The summed E-state index contributed by atoms with van der Waals surface area (Å²) < 4.78 is 1.15. The molecular weight excluding hydrogens is 276 g/mol. The molecular formula is C14H16N2O3S. The largest absolute Gasteiger partial charge is 0.481 e. The van der Waals surface area contributed by atoms with E-state index in [0.717, 1.165) is 15.2 Å². The summed E-state index contributed by atoms with van der Waals surface area (Å²) in [5.41, 5.74) is 0.985. The SMILES string of the molecule is O=C(O)[C@@H]1CN(Cc2nc3ccccc3s2)CC[C@H]1O. The highest BCUT2D eigenvalue weighted by atomic mass is 32.1. The molecule has 0 aliphatic carbocycles. The van der Waals surface area contributed by atoms with E-state index >= 15 is 0 Å². The molecule has 106 valence electrons. The summed E-state index contributed by atoms with van der Waals surface area (Å²) in [6.07, 6.45) is -0.235. The summed E-state index contributed by atoms with van der Waals surface area (Å²) in [5.74, 6) is -1.62. The van der Waals surface area contributed by atoms with Gasteiger partial charge in [-0.05, 0) is 18.6 Å². The lowest BCUT2D eigenvalue weighted by molar-refractivity contribution is -0.149. The highest BCUT2D eigenvalue weighted by Gasteiger charge is 2.33. The molecule has 1 aromatic heterocycles. The molecule has 1 aliphatic heterocycles. The minimum Gasteiger partial charge on any atom is -0.481 e. The highest BCUT2D eigenvalue weighted by molar-refractivity contribution is 7.18. The molecule has 5 nitrogen and oxygen atoms in total. The Morgan fingerprint density at radius 1 is 1.45 bits per heavy atom. The predicted molar refractivity (Wildman–Crippen MR) is 76.6 cm³/mol. The maximum atomic E-state index is 11.1. The zero-order valence-corrected chi connectivity index (χ0v) is 11.7. The van der Waals surface area contributed by atoms with Crippen molar-refractivity contribution >= 4 is 27.5 Å². The molecule has 6 heteroatoms. The first-order chi connectivity index (χ1) is 9.63. The van der Waals surface area contributed by atoms with Crippen LogP contribution in [-0.4, -0.2) is 45.3 Å². The van der Waals surface area contributed by atoms with E-state index in [9.17, 15) is 9.90 Å². The molecule has 1 aromatic carbocycles. The maximum absolute atomic E-state index is 11.1. The highest BCUT2D eigenvalue weighted by Crippen LogP contribution is 2.25. The molecule has 20 heavy (non-hydrogen) atoms. The molecule has 2 atom stereocenters. The Hall–Kier alpha value is -1.50. The Morgan fingerprint density at radius 2 is 2.25 bits per heavy atom. The van der Waals surface area contributed by atoms with Gasteiger partial charge in [0.25, 0.3) is 0 Å². The Kier molecular flexibility index (Phi) is 3.69. The van der Waals surface area contributed by atoms with Crippen molar-refractivity contribution in [3.8, 4) is 0 Å². The molecule has 3 rings (SSSR count). The van der Waals surface area contributed by atoms with Crippen molar-refractivity contribution in [3.63, 3.8) is 0 Å². The smallest absolute Gasteiger partial charge is 0.310 e. The fourth-order valence-electron chi connectivity index (χ4n) is 2.57. The molecule has 0 spiro atoms. The van der Waals surface area contributed by atoms with Gasteiger partial charge in [0.2, 0.25) is 0 Å². The molecule has 1 aliphatic rings. The summed E-state index contributed by atoms with van der Waals surface area (Å²) in [4.78, 5) is 17.7. The molecule has 0 saturated carbocycles. The van der Waals surface area contributed by atoms with Crippen LogP contribution in [0.4, 0.5) is 0 Å². The molecule has 0 bridgehead atoms. The Morgan fingerprint density at radius 3 is 3.00 bits per heavy atom. The quantitative estimate of drug-likeness (QED) is 0.898. The monoisotopic (exact) mass is 292 g/mol. The van der Waals surface area contributed by atoms with Crippen LogP contribution in [0.15, 0.2) is 24.3 Å². The number of aliphatic hydroxyl groups is 1. The van der Waals surface area contributed by atoms with Crippen molar-refractivity contribution in [2.45, 2.75) is 19.1 Å². The number of hydrogen-bond donors (Lipinski definition) is 2. The van der Waals surface area contributed by atoms with Gasteiger partial charge in [0.15, 0.2) is 0 Å². The normalized spacial score (nSPS) is 24.1. The van der Waals surface area contributed by atoms with Crippen LogP contribution >= 0.6 is 11.3 Å². The van der Waals surface area contributed by atoms with Crippen LogP contribution < -0.4 is 0 Å². The molecule has 0 amide bonds. The average molecular weight is 292 g/mol. The number of fused-ring (bicyclic) bond motifs is 1. The minimum absolute atomic E-state index is 0.381. The van der Waals surface area contributed by atoms with Gasteiger partial charge >= 0.3 is 5.97 Å². The lowest BCUT2D eigenvalue weighted by Crippen LogP contribution is -2.46. The number of aliphatic hydroxyl groups excluding tert-OH is 1. The van der Waals surface area contributed by atoms with Crippen LogP contribution in [0.25, 0.3) is 10.2 Å². The van der Waals surface area contributed by atoms with Crippen LogP contribution in [-0.2, 0) is 11.3 Å². The van der Waals surface area contributed by atoms with Crippen LogP contribution in [0.3, 0.4) is 0 Å². The Balaban J connectivity index is 1.72. The molecule has 1 saturated heterocycles. The number of nitrogens with zero attached hydrogens (tertiary/aromatic N) is 2. The minimum atomic E-state index is -0.925. The van der Waals surface area contributed by atoms with Crippen LogP contribution in [0.1, 0.15) is 11.4 Å². The van der Waals surface area contributed by atoms with E-state index in [-0.39, 0.29) is 0 Å². The van der Waals surface area contributed by atoms with Gasteiger partial charge in [-0.1, -0.05) is 12.1 Å². The third-order valence-corrected chi connectivity index (χ3v) is 4.70. The fraction of sp³-hybridized carbons (Fsp3) is 0.429. The number of carboxylic acids is 1. The van der Waals surface area contributed by atoms with Gasteiger partial charge in [0.05, 0.1) is 28.8 Å². The summed E-state index contributed by atoms with van der Waals surface area (Å²) in [5, 5.41) is 19.8. The van der Waals surface area contributed by atoms with Gasteiger partial charge in [0.1, 0.15) is 5.01 Å². The first kappa shape index (κ1) is 13.5. The van der Waals surface area contributed by atoms with Gasteiger partial charge in [-0.15, -0.1) is 11.3 Å². The first-order valence-electron chi connectivity index (χ1n) is 6.61. The molecule has 2 heterocycles. The van der Waals surface area contributed by atoms with Gasteiger partial charge in [0, 0.05) is 13.1 Å².